The molecule has 1 aliphatic carbocycles. The zero-order valence-electron chi connectivity index (χ0n) is 13.7. The van der Waals surface area contributed by atoms with E-state index in [0.29, 0.717) is 25.0 Å². The Bertz CT molecular complexity index is 628. The number of likely N-dealkylation sites (N-methyl/N-ethyl adjacent to an activating group) is 1. The minimum absolute atomic E-state index is 0.441. The van der Waals surface area contributed by atoms with Crippen molar-refractivity contribution in [1.82, 2.24) is 24.7 Å². The second kappa shape index (κ2) is 6.84. The Morgan fingerprint density at radius 1 is 1.39 bits per heavy atom. The third-order valence-electron chi connectivity index (χ3n) is 4.46. The highest BCUT2D eigenvalue weighted by Gasteiger charge is 2.30. The molecule has 1 aromatic rings. The third kappa shape index (κ3) is 4.97. The highest BCUT2D eigenvalue weighted by molar-refractivity contribution is 7.88. The minimum Gasteiger partial charge on any atom is -0.339 e. The molecule has 8 nitrogen and oxygen atoms in total. The summed E-state index contributed by atoms with van der Waals surface area (Å²) in [7, 11) is -1.02. The monoisotopic (exact) mass is 343 g/mol. The molecule has 1 saturated heterocycles. The maximum absolute atomic E-state index is 11.1. The molecule has 3 rings (SSSR count). The Hall–Kier alpha value is -1.03. The summed E-state index contributed by atoms with van der Waals surface area (Å²) in [6.07, 6.45) is 4.59. The molecule has 2 fully saturated rings. The molecule has 2 aliphatic rings. The molecule has 130 valence electrons. The van der Waals surface area contributed by atoms with E-state index in [1.807, 2.05) is 0 Å². The lowest BCUT2D eigenvalue weighted by Gasteiger charge is -2.23. The molecule has 1 aromatic heterocycles. The predicted octanol–water partition coefficient (Wildman–Crippen LogP) is 0.00230. The summed E-state index contributed by atoms with van der Waals surface area (Å²) in [5.41, 5.74) is 0. The van der Waals surface area contributed by atoms with Crippen molar-refractivity contribution in [3.05, 3.63) is 11.7 Å². The van der Waals surface area contributed by atoms with Gasteiger partial charge in [-0.05, 0) is 32.9 Å². The quantitative estimate of drug-likeness (QED) is 0.710. The van der Waals surface area contributed by atoms with E-state index in [9.17, 15) is 8.42 Å². The van der Waals surface area contributed by atoms with Gasteiger partial charge in [-0.2, -0.15) is 4.98 Å². The van der Waals surface area contributed by atoms with Crippen molar-refractivity contribution in [3.8, 4) is 0 Å². The predicted molar refractivity (Wildman–Crippen MR) is 85.4 cm³/mol. The molecule has 23 heavy (non-hydrogen) atoms. The van der Waals surface area contributed by atoms with Crippen LogP contribution in [0.3, 0.4) is 0 Å². The van der Waals surface area contributed by atoms with E-state index in [1.165, 1.54) is 6.26 Å². The van der Waals surface area contributed by atoms with Crippen molar-refractivity contribution in [2.24, 2.45) is 0 Å². The summed E-state index contributed by atoms with van der Waals surface area (Å²) in [5, 5.41) is 4.07. The number of hydrogen-bond acceptors (Lipinski definition) is 7. The zero-order valence-corrected chi connectivity index (χ0v) is 14.5. The van der Waals surface area contributed by atoms with Gasteiger partial charge in [0, 0.05) is 31.6 Å². The van der Waals surface area contributed by atoms with Gasteiger partial charge in [0.15, 0.2) is 5.82 Å². The number of rotatable bonds is 8. The summed E-state index contributed by atoms with van der Waals surface area (Å²) in [5.74, 6) is 2.03. The first-order valence-corrected chi connectivity index (χ1v) is 9.99. The lowest BCUT2D eigenvalue weighted by molar-refractivity contribution is 0.218. The summed E-state index contributed by atoms with van der Waals surface area (Å²) in [6.45, 7) is 3.82. The standard InChI is InChI=1S/C14H25N5O3S/c1-18(10-13-16-14(22-17-13)11-3-4-11)12-5-7-19(9-12)8-6-15-23(2,20)21/h11-12,15H,3-10H2,1-2H3/t12-/m0/s1. The summed E-state index contributed by atoms with van der Waals surface area (Å²) >= 11 is 0. The first kappa shape index (κ1) is 16.8. The van der Waals surface area contributed by atoms with Gasteiger partial charge in [0.05, 0.1) is 12.8 Å². The van der Waals surface area contributed by atoms with E-state index < -0.39 is 10.0 Å². The van der Waals surface area contributed by atoms with E-state index in [2.05, 4.69) is 31.7 Å². The van der Waals surface area contributed by atoms with Crippen LogP contribution in [0, 0.1) is 0 Å². The molecule has 0 radical (unpaired) electrons. The van der Waals surface area contributed by atoms with Gasteiger partial charge in [-0.1, -0.05) is 5.16 Å². The van der Waals surface area contributed by atoms with Crippen molar-refractivity contribution >= 4 is 10.0 Å². The van der Waals surface area contributed by atoms with E-state index in [4.69, 9.17) is 4.52 Å². The van der Waals surface area contributed by atoms with Crippen LogP contribution in [0.4, 0.5) is 0 Å². The molecule has 0 aromatic carbocycles. The highest BCUT2D eigenvalue weighted by Crippen LogP contribution is 2.38. The Kier molecular flexibility index (Phi) is 5.00. The minimum atomic E-state index is -3.10. The fourth-order valence-electron chi connectivity index (χ4n) is 2.94. The van der Waals surface area contributed by atoms with Crippen LogP contribution in [-0.2, 0) is 16.6 Å². The molecule has 0 amide bonds. The maximum atomic E-state index is 11.1. The van der Waals surface area contributed by atoms with Gasteiger partial charge in [0.25, 0.3) is 0 Å². The Morgan fingerprint density at radius 3 is 2.87 bits per heavy atom. The molecular weight excluding hydrogens is 318 g/mol. The van der Waals surface area contributed by atoms with Crippen molar-refractivity contribution in [1.29, 1.82) is 0 Å². The van der Waals surface area contributed by atoms with Crippen molar-refractivity contribution in [2.75, 3.05) is 39.5 Å². The summed E-state index contributed by atoms with van der Waals surface area (Å²) in [4.78, 5) is 9.01. The molecule has 2 heterocycles. The lowest BCUT2D eigenvalue weighted by Crippen LogP contribution is -2.37. The molecule has 1 atom stereocenters. The Balaban J connectivity index is 1.42. The van der Waals surface area contributed by atoms with Gasteiger partial charge in [-0.25, -0.2) is 13.1 Å². The van der Waals surface area contributed by atoms with Gasteiger partial charge < -0.3 is 9.42 Å². The van der Waals surface area contributed by atoms with Crippen molar-refractivity contribution in [3.63, 3.8) is 0 Å². The van der Waals surface area contributed by atoms with Gasteiger partial charge in [-0.3, -0.25) is 4.90 Å². The van der Waals surface area contributed by atoms with Crippen molar-refractivity contribution < 1.29 is 12.9 Å². The fourth-order valence-corrected chi connectivity index (χ4v) is 3.41. The zero-order chi connectivity index (χ0) is 16.4. The van der Waals surface area contributed by atoms with E-state index in [0.717, 1.165) is 50.6 Å². The average molecular weight is 343 g/mol. The number of nitrogens with one attached hydrogen (secondary N) is 1. The van der Waals surface area contributed by atoms with Gasteiger partial charge in [0.2, 0.25) is 15.9 Å². The largest absolute Gasteiger partial charge is 0.339 e. The van der Waals surface area contributed by atoms with Crippen LogP contribution < -0.4 is 4.72 Å². The van der Waals surface area contributed by atoms with Crippen LogP contribution in [0.25, 0.3) is 0 Å². The molecule has 1 N–H and O–H groups in total. The topological polar surface area (TPSA) is 91.6 Å². The fraction of sp³-hybridized carbons (Fsp3) is 0.857. The summed E-state index contributed by atoms with van der Waals surface area (Å²) < 4.78 is 30.0. The first-order chi connectivity index (χ1) is 10.9. The van der Waals surface area contributed by atoms with Gasteiger partial charge >= 0.3 is 0 Å². The molecule has 0 unspecified atom stereocenters. The molecule has 1 aliphatic heterocycles. The number of sulfonamides is 1. The Labute approximate surface area is 137 Å². The van der Waals surface area contributed by atoms with Crippen LogP contribution in [0.5, 0.6) is 0 Å². The molecule has 9 heteroatoms. The van der Waals surface area contributed by atoms with Crippen LogP contribution in [0.2, 0.25) is 0 Å². The first-order valence-electron chi connectivity index (χ1n) is 8.10. The smallest absolute Gasteiger partial charge is 0.229 e. The number of nitrogens with zero attached hydrogens (tertiary/aromatic N) is 4. The molecular formula is C14H25N5O3S. The highest BCUT2D eigenvalue weighted by atomic mass is 32.2. The number of likely N-dealkylation sites (tertiary alicyclic amines) is 1. The van der Waals surface area contributed by atoms with E-state index in [-0.39, 0.29) is 0 Å². The number of aromatic nitrogens is 2. The van der Waals surface area contributed by atoms with Crippen LogP contribution in [-0.4, -0.2) is 73.9 Å². The second-order valence-corrected chi connectivity index (χ2v) is 8.48. The van der Waals surface area contributed by atoms with E-state index >= 15 is 0 Å². The number of hydrogen-bond donors (Lipinski definition) is 1. The molecule has 0 spiro atoms. The average Bonchev–Trinajstić information content (AvgIpc) is 3.03. The maximum Gasteiger partial charge on any atom is 0.229 e. The second-order valence-electron chi connectivity index (χ2n) is 6.65. The molecule has 1 saturated carbocycles. The van der Waals surface area contributed by atoms with Crippen molar-refractivity contribution in [2.45, 2.75) is 37.8 Å². The Morgan fingerprint density at radius 2 is 2.17 bits per heavy atom. The SMILES string of the molecule is CN(Cc1noc(C2CC2)n1)[C@H]1CCN(CCNS(C)(=O)=O)C1. The van der Waals surface area contributed by atoms with Crippen LogP contribution in [0.15, 0.2) is 4.52 Å². The van der Waals surface area contributed by atoms with Crippen LogP contribution >= 0.6 is 0 Å². The van der Waals surface area contributed by atoms with E-state index in [1.54, 1.807) is 0 Å². The van der Waals surface area contributed by atoms with Gasteiger partial charge in [0.1, 0.15) is 0 Å². The molecule has 0 bridgehead atoms. The third-order valence-corrected chi connectivity index (χ3v) is 5.19. The normalized spacial score (nSPS) is 23.0. The van der Waals surface area contributed by atoms with Gasteiger partial charge in [-0.15, -0.1) is 0 Å². The lowest BCUT2D eigenvalue weighted by atomic mass is 10.2. The van der Waals surface area contributed by atoms with Crippen LogP contribution in [0.1, 0.15) is 36.9 Å². The summed E-state index contributed by atoms with van der Waals surface area (Å²) in [6, 6.07) is 0.441.